The summed E-state index contributed by atoms with van der Waals surface area (Å²) in [7, 11) is 0. The predicted octanol–water partition coefficient (Wildman–Crippen LogP) is 7.27. The molecule has 0 bridgehead atoms. The van der Waals surface area contributed by atoms with Crippen molar-refractivity contribution in [1.29, 1.82) is 0 Å². The van der Waals surface area contributed by atoms with E-state index in [0.717, 1.165) is 38.5 Å². The first-order valence-corrected chi connectivity index (χ1v) is 11.4. The fraction of sp³-hybridized carbons (Fsp3) is 0.444. The molecular weight excluding hydrogens is 370 g/mol. The number of amides is 1. The van der Waals surface area contributed by atoms with Crippen LogP contribution in [0.25, 0.3) is 0 Å². The van der Waals surface area contributed by atoms with Crippen LogP contribution >= 0.6 is 0 Å². The summed E-state index contributed by atoms with van der Waals surface area (Å²) in [5.74, 6) is 0.0818. The summed E-state index contributed by atoms with van der Waals surface area (Å²) in [5.41, 5.74) is 0.577. The Morgan fingerprint density at radius 3 is 1.80 bits per heavy atom. The minimum atomic E-state index is -0.0901. The Bertz CT molecular complexity index is 669. The molecule has 1 amide bonds. The van der Waals surface area contributed by atoms with Crippen LogP contribution in [0, 0.1) is 0 Å². The van der Waals surface area contributed by atoms with Crippen molar-refractivity contribution in [1.82, 2.24) is 5.32 Å². The van der Waals surface area contributed by atoms with E-state index in [2.05, 4.69) is 60.8 Å². The summed E-state index contributed by atoms with van der Waals surface area (Å²) in [6.07, 6.45) is 29.1. The van der Waals surface area contributed by atoms with Gasteiger partial charge in [-0.25, -0.2) is 0 Å². The average molecular weight is 410 g/mol. The zero-order valence-electron chi connectivity index (χ0n) is 18.6. The first-order chi connectivity index (χ1) is 14.7. The molecule has 30 heavy (non-hydrogen) atoms. The summed E-state index contributed by atoms with van der Waals surface area (Å²) in [6.45, 7) is 2.91. The maximum atomic E-state index is 11.9. The second-order valence-electron chi connectivity index (χ2n) is 7.39. The van der Waals surface area contributed by atoms with Crippen LogP contribution in [0.2, 0.25) is 0 Å². The molecule has 0 heterocycles. The third kappa shape index (κ3) is 14.4. The Hall–Kier alpha value is -2.55. The highest BCUT2D eigenvalue weighted by molar-refractivity contribution is 5.94. The van der Waals surface area contributed by atoms with Gasteiger partial charge in [0.05, 0.1) is 0 Å². The van der Waals surface area contributed by atoms with Crippen LogP contribution in [-0.2, 0) is 0 Å². The van der Waals surface area contributed by atoms with Crippen LogP contribution in [0.5, 0.6) is 5.75 Å². The Balaban J connectivity index is 1.94. The van der Waals surface area contributed by atoms with Crippen molar-refractivity contribution >= 4 is 5.91 Å². The molecular formula is C27H39NO2. The predicted molar refractivity (Wildman–Crippen MR) is 129 cm³/mol. The molecule has 0 saturated heterocycles. The van der Waals surface area contributed by atoms with Crippen LogP contribution < -0.4 is 5.32 Å². The molecule has 0 aliphatic rings. The lowest BCUT2D eigenvalue weighted by atomic mass is 10.2. The summed E-state index contributed by atoms with van der Waals surface area (Å²) >= 11 is 0. The van der Waals surface area contributed by atoms with Crippen LogP contribution in [-0.4, -0.2) is 17.6 Å². The van der Waals surface area contributed by atoms with E-state index in [-0.39, 0.29) is 11.7 Å². The summed E-state index contributed by atoms with van der Waals surface area (Å²) < 4.78 is 0. The van der Waals surface area contributed by atoms with Gasteiger partial charge in [0.2, 0.25) is 0 Å². The van der Waals surface area contributed by atoms with Crippen molar-refractivity contribution in [3.05, 3.63) is 78.4 Å². The number of hydrogen-bond donors (Lipinski definition) is 2. The number of hydrogen-bond acceptors (Lipinski definition) is 2. The fourth-order valence-electron chi connectivity index (χ4n) is 2.86. The van der Waals surface area contributed by atoms with Gasteiger partial charge in [0.15, 0.2) is 0 Å². The van der Waals surface area contributed by atoms with E-state index in [9.17, 15) is 9.90 Å². The maximum Gasteiger partial charge on any atom is 0.251 e. The van der Waals surface area contributed by atoms with Crippen molar-refractivity contribution in [2.45, 2.75) is 71.1 Å². The minimum absolute atomic E-state index is 0.0901. The van der Waals surface area contributed by atoms with Gasteiger partial charge >= 0.3 is 0 Å². The number of carbonyl (C=O) groups excluding carboxylic acids is 1. The van der Waals surface area contributed by atoms with Gasteiger partial charge in [-0.1, -0.05) is 68.4 Å². The highest BCUT2D eigenvalue weighted by Gasteiger charge is 2.03. The molecule has 0 unspecified atom stereocenters. The van der Waals surface area contributed by atoms with Gasteiger partial charge in [-0.15, -0.1) is 0 Å². The van der Waals surface area contributed by atoms with Gasteiger partial charge in [0, 0.05) is 12.1 Å². The van der Waals surface area contributed by atoms with Crippen LogP contribution in [0.15, 0.2) is 72.9 Å². The lowest BCUT2D eigenvalue weighted by Gasteiger charge is -2.04. The summed E-state index contributed by atoms with van der Waals surface area (Å²) in [4.78, 5) is 11.9. The molecule has 164 valence electrons. The normalized spacial score (nSPS) is 12.0. The Morgan fingerprint density at radius 2 is 1.27 bits per heavy atom. The van der Waals surface area contributed by atoms with Crippen molar-refractivity contribution in [2.24, 2.45) is 0 Å². The van der Waals surface area contributed by atoms with E-state index < -0.39 is 0 Å². The molecule has 0 aromatic heterocycles. The van der Waals surface area contributed by atoms with Crippen LogP contribution in [0.4, 0.5) is 0 Å². The zero-order valence-corrected chi connectivity index (χ0v) is 18.6. The van der Waals surface area contributed by atoms with Crippen molar-refractivity contribution < 1.29 is 9.90 Å². The van der Waals surface area contributed by atoms with Gasteiger partial charge < -0.3 is 10.4 Å². The van der Waals surface area contributed by atoms with Gasteiger partial charge in [-0.3, -0.25) is 4.79 Å². The lowest BCUT2D eigenvalue weighted by molar-refractivity contribution is 0.0953. The highest BCUT2D eigenvalue weighted by atomic mass is 16.3. The van der Waals surface area contributed by atoms with Crippen molar-refractivity contribution in [2.75, 3.05) is 6.54 Å². The summed E-state index contributed by atoms with van der Waals surface area (Å²) in [6, 6.07) is 6.31. The maximum absolute atomic E-state index is 11.9. The number of unbranched alkanes of at least 4 members (excludes halogenated alkanes) is 5. The zero-order chi connectivity index (χ0) is 21.7. The van der Waals surface area contributed by atoms with Gasteiger partial charge in [-0.2, -0.15) is 0 Å². The number of benzene rings is 1. The smallest absolute Gasteiger partial charge is 0.251 e. The second kappa shape index (κ2) is 18.5. The molecule has 2 N–H and O–H groups in total. The third-order valence-corrected chi connectivity index (χ3v) is 4.67. The number of rotatable bonds is 16. The Labute approximate surface area is 183 Å². The van der Waals surface area contributed by atoms with E-state index in [4.69, 9.17) is 0 Å². The van der Waals surface area contributed by atoms with E-state index in [1.807, 2.05) is 0 Å². The molecule has 1 aromatic carbocycles. The van der Waals surface area contributed by atoms with E-state index in [0.29, 0.717) is 12.1 Å². The first kappa shape index (κ1) is 25.5. The molecule has 3 heteroatoms. The van der Waals surface area contributed by atoms with Crippen LogP contribution in [0.3, 0.4) is 0 Å². The van der Waals surface area contributed by atoms with E-state index in [1.54, 1.807) is 12.1 Å². The van der Waals surface area contributed by atoms with Crippen molar-refractivity contribution in [3.63, 3.8) is 0 Å². The molecule has 0 fully saturated rings. The number of aromatic hydroxyl groups is 1. The standard InChI is InChI=1S/C27H39NO2/c1-2-3-4-5-6-7-8-9-10-11-12-13-14-15-16-17-18-19-24-28-27(30)25-20-22-26(29)23-21-25/h6-7,9-10,12-13,15-16,20-23,29H,2-5,8,11,14,17-19,24H2,1H3,(H,28,30)/b7-6+,10-9+,13-12+,16-15+. The monoisotopic (exact) mass is 409 g/mol. The van der Waals surface area contributed by atoms with Crippen molar-refractivity contribution in [3.8, 4) is 5.75 Å². The number of allylic oxidation sites excluding steroid dienone is 8. The molecule has 3 nitrogen and oxygen atoms in total. The fourth-order valence-corrected chi connectivity index (χ4v) is 2.86. The summed E-state index contributed by atoms with van der Waals surface area (Å²) in [5, 5.41) is 12.1. The molecule has 0 spiro atoms. The molecule has 0 aliphatic heterocycles. The average Bonchev–Trinajstić information content (AvgIpc) is 2.75. The number of phenols is 1. The Morgan fingerprint density at radius 1 is 0.767 bits per heavy atom. The van der Waals surface area contributed by atoms with Gasteiger partial charge in [0.25, 0.3) is 5.91 Å². The Kier molecular flexibility index (Phi) is 15.7. The molecule has 1 rings (SSSR count). The minimum Gasteiger partial charge on any atom is -0.508 e. The second-order valence-corrected chi connectivity index (χ2v) is 7.39. The van der Waals surface area contributed by atoms with Gasteiger partial charge in [-0.05, 0) is 75.6 Å². The molecule has 0 atom stereocenters. The SMILES string of the molecule is CCCCC/C=C/C/C=C/C/C=C/C/C=C/CCCCNC(=O)c1ccc(O)cc1. The van der Waals surface area contributed by atoms with Gasteiger partial charge in [0.1, 0.15) is 5.75 Å². The highest BCUT2D eigenvalue weighted by Crippen LogP contribution is 2.09. The largest absolute Gasteiger partial charge is 0.508 e. The molecule has 0 saturated carbocycles. The molecule has 1 aromatic rings. The lowest BCUT2D eigenvalue weighted by Crippen LogP contribution is -2.24. The molecule has 0 aliphatic carbocycles. The van der Waals surface area contributed by atoms with Crippen LogP contribution in [0.1, 0.15) is 81.5 Å². The third-order valence-electron chi connectivity index (χ3n) is 4.67. The number of phenolic OH excluding ortho intramolecular Hbond substituents is 1. The van der Waals surface area contributed by atoms with E-state index in [1.165, 1.54) is 37.8 Å². The number of nitrogens with one attached hydrogen (secondary N) is 1. The number of carbonyl (C=O) groups is 1. The topological polar surface area (TPSA) is 49.3 Å². The van der Waals surface area contributed by atoms with E-state index >= 15 is 0 Å². The first-order valence-electron chi connectivity index (χ1n) is 11.4. The molecule has 0 radical (unpaired) electrons. The quantitative estimate of drug-likeness (QED) is 0.223.